The molecule has 0 amide bonds. The Balaban J connectivity index is 2.71. The second kappa shape index (κ2) is 5.15. The van der Waals surface area contributed by atoms with Crippen LogP contribution in [0.1, 0.15) is 18.2 Å². The van der Waals surface area contributed by atoms with Crippen molar-refractivity contribution < 1.29 is 20.1 Å². The second-order valence-corrected chi connectivity index (χ2v) is 3.69. The molecule has 0 bridgehead atoms. The van der Waals surface area contributed by atoms with Crippen LogP contribution in [-0.4, -0.2) is 37.4 Å². The number of aliphatic carboxylic acids is 1. The van der Waals surface area contributed by atoms with Crippen LogP contribution in [0.5, 0.6) is 0 Å². The van der Waals surface area contributed by atoms with Crippen LogP contribution in [-0.2, 0) is 4.79 Å². The van der Waals surface area contributed by atoms with Crippen LogP contribution in [0.4, 0.5) is 0 Å². The third-order valence-electron chi connectivity index (χ3n) is 1.69. The highest BCUT2D eigenvalue weighted by molar-refractivity contribution is 9.10. The number of carboxylic acid groups (broad SMARTS) is 1. The number of carbonyl (C=O) groups is 1. The molecule has 1 heterocycles. The predicted molar refractivity (Wildman–Crippen MR) is 53.0 cm³/mol. The zero-order valence-corrected chi connectivity index (χ0v) is 9.12. The molecule has 0 aliphatic rings. The number of halogens is 1. The van der Waals surface area contributed by atoms with Crippen LogP contribution < -0.4 is 0 Å². The topological polar surface area (TPSA) is 104 Å². The van der Waals surface area contributed by atoms with Crippen molar-refractivity contribution in [1.29, 1.82) is 0 Å². The molecule has 0 saturated heterocycles. The van der Waals surface area contributed by atoms with Gasteiger partial charge in [0.05, 0.1) is 30.6 Å². The van der Waals surface area contributed by atoms with Gasteiger partial charge in [0.25, 0.3) is 0 Å². The number of aliphatic hydroxyl groups excluding tert-OH is 2. The molecule has 6 nitrogen and oxygen atoms in total. The van der Waals surface area contributed by atoms with E-state index in [1.54, 1.807) is 0 Å². The maximum Gasteiger partial charge on any atom is 0.306 e. The summed E-state index contributed by atoms with van der Waals surface area (Å²) in [5.41, 5.74) is 0.131. The number of aromatic nitrogens is 2. The summed E-state index contributed by atoms with van der Waals surface area (Å²) in [6, 6.07) is 0. The minimum atomic E-state index is -1.39. The number of rotatable bonds is 4. The van der Waals surface area contributed by atoms with Crippen LogP contribution in [0.15, 0.2) is 17.0 Å². The highest BCUT2D eigenvalue weighted by atomic mass is 79.9. The van der Waals surface area contributed by atoms with E-state index in [2.05, 4.69) is 25.9 Å². The predicted octanol–water partition coefficient (Wildman–Crippen LogP) is 0.108. The minimum absolute atomic E-state index is 0.131. The van der Waals surface area contributed by atoms with E-state index in [1.165, 1.54) is 12.4 Å². The number of carboxylic acids is 1. The summed E-state index contributed by atoms with van der Waals surface area (Å²) in [5.74, 6) is -1.19. The Labute approximate surface area is 93.7 Å². The van der Waals surface area contributed by atoms with Crippen molar-refractivity contribution in [3.63, 3.8) is 0 Å². The first kappa shape index (κ1) is 12.0. The molecule has 0 aromatic carbocycles. The van der Waals surface area contributed by atoms with E-state index in [-0.39, 0.29) is 5.69 Å². The quantitative estimate of drug-likeness (QED) is 0.721. The summed E-state index contributed by atoms with van der Waals surface area (Å²) >= 11 is 3.06. The van der Waals surface area contributed by atoms with Crippen molar-refractivity contribution >= 4 is 21.9 Å². The summed E-state index contributed by atoms with van der Waals surface area (Å²) in [4.78, 5) is 17.9. The van der Waals surface area contributed by atoms with Gasteiger partial charge in [-0.2, -0.15) is 0 Å². The van der Waals surface area contributed by atoms with Crippen molar-refractivity contribution in [2.45, 2.75) is 18.6 Å². The average Bonchev–Trinajstić information content (AvgIpc) is 2.17. The largest absolute Gasteiger partial charge is 0.481 e. The molecule has 3 N–H and O–H groups in total. The Morgan fingerprint density at radius 1 is 1.40 bits per heavy atom. The third-order valence-corrected chi connectivity index (χ3v) is 2.10. The van der Waals surface area contributed by atoms with Gasteiger partial charge in [0.1, 0.15) is 10.7 Å². The van der Waals surface area contributed by atoms with Crippen molar-refractivity contribution in [3.8, 4) is 0 Å². The van der Waals surface area contributed by atoms with E-state index in [0.29, 0.717) is 4.60 Å². The SMILES string of the molecule is O=C(O)CC(O)C(O)c1cnc(Br)cn1. The van der Waals surface area contributed by atoms with Gasteiger partial charge in [0, 0.05) is 0 Å². The second-order valence-electron chi connectivity index (χ2n) is 2.87. The Hall–Kier alpha value is -1.05. The molecule has 0 spiro atoms. The summed E-state index contributed by atoms with van der Waals surface area (Å²) in [7, 11) is 0. The van der Waals surface area contributed by atoms with Crippen LogP contribution >= 0.6 is 15.9 Å². The fourth-order valence-corrected chi connectivity index (χ4v) is 1.17. The standard InChI is InChI=1S/C8H9BrN2O4/c9-6-3-10-4(2-11-6)8(15)5(12)1-7(13)14/h2-3,5,8,12,15H,1H2,(H,13,14). The number of aliphatic hydroxyl groups is 2. The lowest BCUT2D eigenvalue weighted by molar-refractivity contribution is -0.141. The Bertz CT molecular complexity index is 343. The van der Waals surface area contributed by atoms with E-state index >= 15 is 0 Å². The number of hydrogen-bond donors (Lipinski definition) is 3. The zero-order chi connectivity index (χ0) is 11.4. The van der Waals surface area contributed by atoms with E-state index < -0.39 is 24.6 Å². The van der Waals surface area contributed by atoms with E-state index in [9.17, 15) is 15.0 Å². The molecular formula is C8H9BrN2O4. The Kier molecular flexibility index (Phi) is 4.13. The maximum atomic E-state index is 10.3. The fraction of sp³-hybridized carbons (Fsp3) is 0.375. The molecule has 2 atom stereocenters. The Morgan fingerprint density at radius 3 is 2.53 bits per heavy atom. The van der Waals surface area contributed by atoms with Crippen LogP contribution in [0.2, 0.25) is 0 Å². The number of nitrogens with zero attached hydrogens (tertiary/aromatic N) is 2. The lowest BCUT2D eigenvalue weighted by Gasteiger charge is -2.14. The highest BCUT2D eigenvalue weighted by Crippen LogP contribution is 2.16. The van der Waals surface area contributed by atoms with Crippen molar-refractivity contribution in [1.82, 2.24) is 9.97 Å². The maximum absolute atomic E-state index is 10.3. The molecule has 15 heavy (non-hydrogen) atoms. The average molecular weight is 277 g/mol. The third kappa shape index (κ3) is 3.54. The molecule has 7 heteroatoms. The van der Waals surface area contributed by atoms with Gasteiger partial charge in [0.15, 0.2) is 0 Å². The lowest BCUT2D eigenvalue weighted by atomic mass is 10.1. The zero-order valence-electron chi connectivity index (χ0n) is 7.54. The summed E-state index contributed by atoms with van der Waals surface area (Å²) in [6.45, 7) is 0. The molecule has 0 aliphatic carbocycles. The fourth-order valence-electron chi connectivity index (χ4n) is 0.963. The van der Waals surface area contributed by atoms with Gasteiger partial charge in [-0.05, 0) is 15.9 Å². The summed E-state index contributed by atoms with van der Waals surface area (Å²) in [6.07, 6.45) is -0.662. The molecule has 0 aliphatic heterocycles. The highest BCUT2D eigenvalue weighted by Gasteiger charge is 2.22. The molecule has 1 aromatic rings. The summed E-state index contributed by atoms with van der Waals surface area (Å²) < 4.78 is 0.492. The number of hydrogen-bond acceptors (Lipinski definition) is 5. The monoisotopic (exact) mass is 276 g/mol. The molecule has 0 fully saturated rings. The van der Waals surface area contributed by atoms with Crippen molar-refractivity contribution in [2.75, 3.05) is 0 Å². The summed E-state index contributed by atoms with van der Waals surface area (Å²) in [5, 5.41) is 27.2. The van der Waals surface area contributed by atoms with Gasteiger partial charge >= 0.3 is 5.97 Å². The molecule has 1 aromatic heterocycles. The van der Waals surface area contributed by atoms with Crippen LogP contribution in [0, 0.1) is 0 Å². The van der Waals surface area contributed by atoms with E-state index in [4.69, 9.17) is 5.11 Å². The molecule has 2 unspecified atom stereocenters. The first-order chi connectivity index (χ1) is 7.00. The first-order valence-corrected chi connectivity index (χ1v) is 4.85. The normalized spacial score (nSPS) is 14.6. The van der Waals surface area contributed by atoms with Crippen molar-refractivity contribution in [2.24, 2.45) is 0 Å². The van der Waals surface area contributed by atoms with Crippen LogP contribution in [0.25, 0.3) is 0 Å². The lowest BCUT2D eigenvalue weighted by Crippen LogP contribution is -2.22. The van der Waals surface area contributed by atoms with Gasteiger partial charge < -0.3 is 15.3 Å². The van der Waals surface area contributed by atoms with E-state index in [0.717, 1.165) is 0 Å². The first-order valence-electron chi connectivity index (χ1n) is 4.06. The molecule has 0 saturated carbocycles. The van der Waals surface area contributed by atoms with Crippen LogP contribution in [0.3, 0.4) is 0 Å². The van der Waals surface area contributed by atoms with Gasteiger partial charge in [-0.15, -0.1) is 0 Å². The molecule has 0 radical (unpaired) electrons. The smallest absolute Gasteiger partial charge is 0.306 e. The van der Waals surface area contributed by atoms with Gasteiger partial charge in [-0.1, -0.05) is 0 Å². The van der Waals surface area contributed by atoms with Crippen molar-refractivity contribution in [3.05, 3.63) is 22.7 Å². The molecule has 82 valence electrons. The van der Waals surface area contributed by atoms with Gasteiger partial charge in [-0.3, -0.25) is 9.78 Å². The minimum Gasteiger partial charge on any atom is -0.481 e. The van der Waals surface area contributed by atoms with E-state index in [1.807, 2.05) is 0 Å². The molecule has 1 rings (SSSR count). The molecular weight excluding hydrogens is 268 g/mol. The van der Waals surface area contributed by atoms with Gasteiger partial charge in [-0.25, -0.2) is 4.98 Å². The van der Waals surface area contributed by atoms with Gasteiger partial charge in [0.2, 0.25) is 0 Å². The Morgan fingerprint density at radius 2 is 2.07 bits per heavy atom.